The fraction of sp³-hybridized carbons (Fsp3) is 0.438. The van der Waals surface area contributed by atoms with Gasteiger partial charge in [-0.25, -0.2) is 4.98 Å². The summed E-state index contributed by atoms with van der Waals surface area (Å²) in [6.07, 6.45) is 2.05. The van der Waals surface area contributed by atoms with Gasteiger partial charge >= 0.3 is 0 Å². The molecular weight excluding hydrogens is 296 g/mol. The van der Waals surface area contributed by atoms with Crippen LogP contribution in [0.25, 0.3) is 10.6 Å². The zero-order chi connectivity index (χ0) is 15.1. The van der Waals surface area contributed by atoms with Crippen LogP contribution in [0.2, 0.25) is 0 Å². The minimum Gasteiger partial charge on any atom is -0.398 e. The molecule has 22 heavy (non-hydrogen) atoms. The molecule has 1 unspecified atom stereocenters. The fourth-order valence-corrected chi connectivity index (χ4v) is 4.32. The van der Waals surface area contributed by atoms with E-state index in [1.165, 1.54) is 18.5 Å². The molecule has 4 N–H and O–H groups in total. The molecule has 0 amide bonds. The molecule has 4 rings (SSSR count). The minimum atomic E-state index is -0.458. The van der Waals surface area contributed by atoms with Crippen LogP contribution in [-0.4, -0.2) is 29.7 Å². The molecule has 6 heteroatoms. The number of aromatic nitrogens is 1. The third-order valence-corrected chi connectivity index (χ3v) is 5.63. The van der Waals surface area contributed by atoms with E-state index >= 15 is 0 Å². The van der Waals surface area contributed by atoms with Gasteiger partial charge in [0.25, 0.3) is 0 Å². The standard InChI is InChI=1S/C16H20N4OS/c17-12-7-10(20-5-1-2-6-20)3-4-11(12)16-19-13-8-18-9-14(21)15(13)22-16/h3-4,7,14,18,21H,1-2,5-6,8-9,17H2. The van der Waals surface area contributed by atoms with Crippen LogP contribution in [0.1, 0.15) is 29.5 Å². The van der Waals surface area contributed by atoms with Crippen LogP contribution in [0.3, 0.4) is 0 Å². The van der Waals surface area contributed by atoms with Crippen molar-refractivity contribution in [1.29, 1.82) is 0 Å². The fourth-order valence-electron chi connectivity index (χ4n) is 3.20. The number of fused-ring (bicyclic) bond motifs is 1. The van der Waals surface area contributed by atoms with Crippen molar-refractivity contribution in [3.05, 3.63) is 28.8 Å². The van der Waals surface area contributed by atoms with E-state index in [1.807, 2.05) is 0 Å². The van der Waals surface area contributed by atoms with Gasteiger partial charge in [0.2, 0.25) is 0 Å². The second kappa shape index (κ2) is 5.53. The zero-order valence-electron chi connectivity index (χ0n) is 12.4. The Labute approximate surface area is 133 Å². The Hall–Kier alpha value is -1.63. The third kappa shape index (κ3) is 2.37. The molecule has 3 heterocycles. The summed E-state index contributed by atoms with van der Waals surface area (Å²) in [5.74, 6) is 0. The highest BCUT2D eigenvalue weighted by Gasteiger charge is 2.23. The van der Waals surface area contributed by atoms with E-state index in [0.29, 0.717) is 13.1 Å². The van der Waals surface area contributed by atoms with Crippen molar-refractivity contribution in [2.45, 2.75) is 25.5 Å². The number of aliphatic hydroxyl groups is 1. The first-order valence-corrected chi connectivity index (χ1v) is 8.57. The first-order valence-electron chi connectivity index (χ1n) is 7.75. The van der Waals surface area contributed by atoms with Gasteiger partial charge in [-0.3, -0.25) is 0 Å². The lowest BCUT2D eigenvalue weighted by molar-refractivity contribution is 0.168. The molecule has 2 aromatic rings. The SMILES string of the molecule is Nc1cc(N2CCCC2)ccc1-c1nc2c(s1)C(O)CNC2. The van der Waals surface area contributed by atoms with Crippen LogP contribution in [0.4, 0.5) is 11.4 Å². The van der Waals surface area contributed by atoms with Crippen molar-refractivity contribution < 1.29 is 5.11 Å². The van der Waals surface area contributed by atoms with Gasteiger partial charge in [0.05, 0.1) is 10.6 Å². The van der Waals surface area contributed by atoms with Gasteiger partial charge in [0.15, 0.2) is 0 Å². The maximum atomic E-state index is 10.0. The molecule has 2 aliphatic rings. The summed E-state index contributed by atoms with van der Waals surface area (Å²) >= 11 is 1.55. The van der Waals surface area contributed by atoms with Crippen molar-refractivity contribution in [3.8, 4) is 10.6 Å². The van der Waals surface area contributed by atoms with Crippen LogP contribution in [-0.2, 0) is 6.54 Å². The zero-order valence-corrected chi connectivity index (χ0v) is 13.2. The van der Waals surface area contributed by atoms with Gasteiger partial charge < -0.3 is 21.1 Å². The number of nitrogens with one attached hydrogen (secondary N) is 1. The summed E-state index contributed by atoms with van der Waals surface area (Å²) in [5, 5.41) is 14.1. The second-order valence-corrected chi connectivity index (χ2v) is 6.97. The van der Waals surface area contributed by atoms with E-state index in [1.54, 1.807) is 11.3 Å². The van der Waals surface area contributed by atoms with Gasteiger partial charge in [-0.15, -0.1) is 11.3 Å². The highest BCUT2D eigenvalue weighted by molar-refractivity contribution is 7.15. The van der Waals surface area contributed by atoms with Crippen molar-refractivity contribution in [2.24, 2.45) is 0 Å². The van der Waals surface area contributed by atoms with Gasteiger partial charge in [0.1, 0.15) is 11.1 Å². The highest BCUT2D eigenvalue weighted by atomic mass is 32.1. The Balaban J connectivity index is 1.68. The Morgan fingerprint density at radius 1 is 1.32 bits per heavy atom. The van der Waals surface area contributed by atoms with E-state index in [0.717, 1.165) is 39.9 Å². The van der Waals surface area contributed by atoms with Gasteiger partial charge in [-0.1, -0.05) is 0 Å². The Morgan fingerprint density at radius 3 is 2.86 bits per heavy atom. The van der Waals surface area contributed by atoms with E-state index in [-0.39, 0.29) is 0 Å². The molecule has 1 saturated heterocycles. The van der Waals surface area contributed by atoms with Crippen LogP contribution in [0.5, 0.6) is 0 Å². The summed E-state index contributed by atoms with van der Waals surface area (Å²) in [6.45, 7) is 3.54. The number of rotatable bonds is 2. The number of hydrogen-bond acceptors (Lipinski definition) is 6. The number of anilines is 2. The smallest absolute Gasteiger partial charge is 0.126 e. The van der Waals surface area contributed by atoms with E-state index in [9.17, 15) is 5.11 Å². The van der Waals surface area contributed by atoms with Crippen molar-refractivity contribution in [1.82, 2.24) is 10.3 Å². The molecule has 0 radical (unpaired) electrons. The Morgan fingerprint density at radius 2 is 2.14 bits per heavy atom. The summed E-state index contributed by atoms with van der Waals surface area (Å²) in [4.78, 5) is 8.01. The number of nitrogens with two attached hydrogens (primary N) is 1. The molecule has 5 nitrogen and oxygen atoms in total. The number of nitrogens with zero attached hydrogens (tertiary/aromatic N) is 2. The van der Waals surface area contributed by atoms with Gasteiger partial charge in [-0.2, -0.15) is 0 Å². The summed E-state index contributed by atoms with van der Waals surface area (Å²) < 4.78 is 0. The highest BCUT2D eigenvalue weighted by Crippen LogP contribution is 2.37. The molecule has 1 aromatic heterocycles. The van der Waals surface area contributed by atoms with Crippen LogP contribution in [0, 0.1) is 0 Å². The first-order chi connectivity index (χ1) is 10.7. The number of thiazole rings is 1. The van der Waals surface area contributed by atoms with Crippen LogP contribution >= 0.6 is 11.3 Å². The molecule has 116 valence electrons. The Bertz CT molecular complexity index is 693. The molecule has 0 spiro atoms. The number of β-amino-alcohol motifs (C(OH)–C–C–N with tert-alkyl or cyclic N) is 1. The molecule has 2 aliphatic heterocycles. The van der Waals surface area contributed by atoms with Crippen molar-refractivity contribution in [2.75, 3.05) is 30.3 Å². The van der Waals surface area contributed by atoms with Crippen LogP contribution in [0.15, 0.2) is 18.2 Å². The lowest BCUT2D eigenvalue weighted by Crippen LogP contribution is -2.26. The maximum Gasteiger partial charge on any atom is 0.126 e. The van der Waals surface area contributed by atoms with E-state index < -0.39 is 6.10 Å². The summed E-state index contributed by atoms with van der Waals surface area (Å²) in [5.41, 5.74) is 10.1. The molecule has 1 atom stereocenters. The molecule has 0 bridgehead atoms. The largest absolute Gasteiger partial charge is 0.398 e. The van der Waals surface area contributed by atoms with Crippen molar-refractivity contribution >= 4 is 22.7 Å². The number of hydrogen-bond donors (Lipinski definition) is 3. The predicted molar refractivity (Wildman–Crippen MR) is 90.1 cm³/mol. The normalized spacial score (nSPS) is 21.1. The maximum absolute atomic E-state index is 10.0. The van der Waals surface area contributed by atoms with Crippen molar-refractivity contribution in [3.63, 3.8) is 0 Å². The molecule has 1 fully saturated rings. The quantitative estimate of drug-likeness (QED) is 0.740. The number of benzene rings is 1. The molecule has 1 aromatic carbocycles. The summed E-state index contributed by atoms with van der Waals surface area (Å²) in [6, 6.07) is 6.24. The average Bonchev–Trinajstić information content (AvgIpc) is 3.17. The number of nitrogen functional groups attached to an aromatic ring is 1. The van der Waals surface area contributed by atoms with E-state index in [4.69, 9.17) is 5.73 Å². The van der Waals surface area contributed by atoms with Crippen LogP contribution < -0.4 is 16.0 Å². The minimum absolute atomic E-state index is 0.458. The second-order valence-electron chi connectivity index (χ2n) is 5.94. The monoisotopic (exact) mass is 316 g/mol. The lowest BCUT2D eigenvalue weighted by Gasteiger charge is -2.18. The third-order valence-electron chi connectivity index (χ3n) is 4.40. The lowest BCUT2D eigenvalue weighted by atomic mass is 10.1. The predicted octanol–water partition coefficient (Wildman–Crippen LogP) is 2.13. The summed E-state index contributed by atoms with van der Waals surface area (Å²) in [7, 11) is 0. The Kier molecular flexibility index (Phi) is 3.52. The first kappa shape index (κ1) is 14.0. The topological polar surface area (TPSA) is 74.4 Å². The average molecular weight is 316 g/mol. The van der Waals surface area contributed by atoms with Gasteiger partial charge in [0, 0.05) is 43.1 Å². The molecule has 0 aliphatic carbocycles. The van der Waals surface area contributed by atoms with Gasteiger partial charge in [-0.05, 0) is 31.0 Å². The number of aliphatic hydroxyl groups excluding tert-OH is 1. The molecular formula is C16H20N4OS. The van der Waals surface area contributed by atoms with E-state index in [2.05, 4.69) is 33.4 Å². The molecule has 0 saturated carbocycles.